The lowest BCUT2D eigenvalue weighted by Gasteiger charge is -2.17. The Morgan fingerprint density at radius 3 is 2.71 bits per heavy atom. The van der Waals surface area contributed by atoms with Crippen molar-refractivity contribution in [2.75, 3.05) is 7.11 Å². The third-order valence-electron chi connectivity index (χ3n) is 3.59. The van der Waals surface area contributed by atoms with Gasteiger partial charge in [-0.25, -0.2) is 4.79 Å². The van der Waals surface area contributed by atoms with Gasteiger partial charge in [0.25, 0.3) is 0 Å². The van der Waals surface area contributed by atoms with Crippen molar-refractivity contribution >= 4 is 28.9 Å². The highest BCUT2D eigenvalue weighted by Crippen LogP contribution is 2.17. The third kappa shape index (κ3) is 4.65. The Bertz CT molecular complexity index is 748. The number of benzene rings is 1. The number of carbonyl (C=O) groups is 2. The van der Waals surface area contributed by atoms with E-state index in [1.807, 2.05) is 44.2 Å². The summed E-state index contributed by atoms with van der Waals surface area (Å²) in [5.41, 5.74) is 1.68. The number of para-hydroxylation sites is 1. The van der Waals surface area contributed by atoms with E-state index in [0.29, 0.717) is 6.42 Å². The molecule has 1 aromatic heterocycles. The maximum atomic E-state index is 12.1. The second-order valence-corrected chi connectivity index (χ2v) is 5.97. The lowest BCUT2D eigenvalue weighted by atomic mass is 10.0. The van der Waals surface area contributed by atoms with Gasteiger partial charge in [0.05, 0.1) is 12.6 Å². The van der Waals surface area contributed by atoms with Crippen molar-refractivity contribution in [3.63, 3.8) is 0 Å². The number of nitrogens with zero attached hydrogens (tertiary/aromatic N) is 1. The van der Waals surface area contributed by atoms with Gasteiger partial charge in [-0.2, -0.15) is 0 Å². The average molecular weight is 326 g/mol. The Morgan fingerprint density at radius 1 is 1.25 bits per heavy atom. The SMILES string of the molecule is COC(=O)C(CC(C)C)NC(=O)/C=C/c1cccc2cccnc12. The van der Waals surface area contributed by atoms with Gasteiger partial charge in [0.15, 0.2) is 0 Å². The Hall–Kier alpha value is -2.69. The van der Waals surface area contributed by atoms with E-state index < -0.39 is 12.0 Å². The highest BCUT2D eigenvalue weighted by molar-refractivity contribution is 5.97. The number of pyridine rings is 1. The van der Waals surface area contributed by atoms with E-state index in [1.165, 1.54) is 13.2 Å². The molecule has 1 atom stereocenters. The summed E-state index contributed by atoms with van der Waals surface area (Å²) in [6.45, 7) is 3.97. The van der Waals surface area contributed by atoms with Gasteiger partial charge < -0.3 is 10.1 Å². The molecule has 1 aromatic carbocycles. The molecule has 0 radical (unpaired) electrons. The molecule has 2 rings (SSSR count). The van der Waals surface area contributed by atoms with E-state index in [2.05, 4.69) is 10.3 Å². The minimum Gasteiger partial charge on any atom is -0.467 e. The van der Waals surface area contributed by atoms with Crippen LogP contribution in [0.1, 0.15) is 25.8 Å². The molecule has 0 aliphatic heterocycles. The zero-order valence-electron chi connectivity index (χ0n) is 14.2. The van der Waals surface area contributed by atoms with E-state index in [-0.39, 0.29) is 11.8 Å². The third-order valence-corrected chi connectivity index (χ3v) is 3.59. The predicted molar refractivity (Wildman–Crippen MR) is 94.2 cm³/mol. The van der Waals surface area contributed by atoms with Gasteiger partial charge in [-0.05, 0) is 24.5 Å². The molecule has 0 aliphatic rings. The van der Waals surface area contributed by atoms with Crippen molar-refractivity contribution < 1.29 is 14.3 Å². The first-order chi connectivity index (χ1) is 11.5. The van der Waals surface area contributed by atoms with Gasteiger partial charge in [-0.3, -0.25) is 9.78 Å². The molecule has 1 heterocycles. The summed E-state index contributed by atoms with van der Waals surface area (Å²) in [5.74, 6) is -0.503. The van der Waals surface area contributed by atoms with Crippen LogP contribution in [0.25, 0.3) is 17.0 Å². The fraction of sp³-hybridized carbons (Fsp3) is 0.316. The van der Waals surface area contributed by atoms with Crippen LogP contribution in [0.3, 0.4) is 0 Å². The molecule has 5 nitrogen and oxygen atoms in total. The average Bonchev–Trinajstić information content (AvgIpc) is 2.58. The van der Waals surface area contributed by atoms with Crippen molar-refractivity contribution in [3.05, 3.63) is 48.2 Å². The number of esters is 1. The first-order valence-corrected chi connectivity index (χ1v) is 7.91. The molecule has 0 fully saturated rings. The fourth-order valence-corrected chi connectivity index (χ4v) is 2.48. The quantitative estimate of drug-likeness (QED) is 0.654. The number of fused-ring (bicyclic) bond motifs is 1. The highest BCUT2D eigenvalue weighted by atomic mass is 16.5. The zero-order chi connectivity index (χ0) is 17.5. The molecule has 0 aliphatic carbocycles. The van der Waals surface area contributed by atoms with Crippen LogP contribution in [0.2, 0.25) is 0 Å². The van der Waals surface area contributed by atoms with Gasteiger partial charge in [0.1, 0.15) is 6.04 Å². The van der Waals surface area contributed by atoms with Crippen LogP contribution in [0, 0.1) is 5.92 Å². The lowest BCUT2D eigenvalue weighted by Crippen LogP contribution is -2.41. The van der Waals surface area contributed by atoms with Gasteiger partial charge in [-0.1, -0.05) is 38.1 Å². The van der Waals surface area contributed by atoms with Crippen LogP contribution in [-0.2, 0) is 14.3 Å². The summed E-state index contributed by atoms with van der Waals surface area (Å²) in [7, 11) is 1.32. The van der Waals surface area contributed by atoms with Crippen molar-refractivity contribution in [2.24, 2.45) is 5.92 Å². The summed E-state index contributed by atoms with van der Waals surface area (Å²) in [6.07, 6.45) is 5.37. The van der Waals surface area contributed by atoms with Crippen molar-refractivity contribution in [2.45, 2.75) is 26.3 Å². The van der Waals surface area contributed by atoms with E-state index in [0.717, 1.165) is 16.5 Å². The van der Waals surface area contributed by atoms with Crippen molar-refractivity contribution in [1.29, 1.82) is 0 Å². The standard InChI is InChI=1S/C19H22N2O3/c1-13(2)12-16(19(23)24-3)21-17(22)10-9-15-7-4-6-14-8-5-11-20-18(14)15/h4-11,13,16H,12H2,1-3H3,(H,21,22)/b10-9+. The maximum Gasteiger partial charge on any atom is 0.328 e. The minimum absolute atomic E-state index is 0.264. The van der Waals surface area contributed by atoms with Crippen LogP contribution < -0.4 is 5.32 Å². The molecule has 1 unspecified atom stereocenters. The normalized spacial score (nSPS) is 12.5. The van der Waals surface area contributed by atoms with Crippen LogP contribution in [0.4, 0.5) is 0 Å². The van der Waals surface area contributed by atoms with E-state index in [4.69, 9.17) is 4.74 Å². The number of hydrogen-bond donors (Lipinski definition) is 1. The van der Waals surface area contributed by atoms with E-state index in [9.17, 15) is 9.59 Å². The minimum atomic E-state index is -0.641. The molecule has 5 heteroatoms. The monoisotopic (exact) mass is 326 g/mol. The van der Waals surface area contributed by atoms with Crippen LogP contribution >= 0.6 is 0 Å². The highest BCUT2D eigenvalue weighted by Gasteiger charge is 2.21. The largest absolute Gasteiger partial charge is 0.467 e. The number of nitrogens with one attached hydrogen (secondary N) is 1. The van der Waals surface area contributed by atoms with Crippen molar-refractivity contribution in [1.82, 2.24) is 10.3 Å². The lowest BCUT2D eigenvalue weighted by molar-refractivity contribution is -0.145. The smallest absolute Gasteiger partial charge is 0.328 e. The zero-order valence-corrected chi connectivity index (χ0v) is 14.2. The van der Waals surface area contributed by atoms with Crippen LogP contribution in [-0.4, -0.2) is 30.0 Å². The van der Waals surface area contributed by atoms with Crippen LogP contribution in [0.15, 0.2) is 42.6 Å². The number of aromatic nitrogens is 1. The summed E-state index contributed by atoms with van der Waals surface area (Å²) < 4.78 is 4.75. The number of amides is 1. The van der Waals surface area contributed by atoms with Gasteiger partial charge in [0.2, 0.25) is 5.91 Å². The van der Waals surface area contributed by atoms with Gasteiger partial charge in [0, 0.05) is 23.2 Å². The molecule has 24 heavy (non-hydrogen) atoms. The Balaban J connectivity index is 2.12. The maximum absolute atomic E-state index is 12.1. The second-order valence-electron chi connectivity index (χ2n) is 5.97. The molecule has 0 spiro atoms. The second kappa shape index (κ2) is 8.24. The molecular weight excluding hydrogens is 304 g/mol. The van der Waals surface area contributed by atoms with Crippen LogP contribution in [0.5, 0.6) is 0 Å². The Morgan fingerprint density at radius 2 is 2.00 bits per heavy atom. The molecule has 1 N–H and O–H groups in total. The molecule has 1 amide bonds. The first kappa shape index (κ1) is 17.7. The Kier molecular flexibility index (Phi) is 6.07. The number of ether oxygens (including phenoxy) is 1. The summed E-state index contributed by atoms with van der Waals surface area (Å²) >= 11 is 0. The number of methoxy groups -OCH3 is 1. The first-order valence-electron chi connectivity index (χ1n) is 7.91. The fourth-order valence-electron chi connectivity index (χ4n) is 2.48. The molecule has 0 bridgehead atoms. The number of rotatable bonds is 6. The van der Waals surface area contributed by atoms with E-state index >= 15 is 0 Å². The van der Waals surface area contributed by atoms with Crippen molar-refractivity contribution in [3.8, 4) is 0 Å². The summed E-state index contributed by atoms with van der Waals surface area (Å²) in [6, 6.07) is 8.97. The number of hydrogen-bond acceptors (Lipinski definition) is 4. The molecule has 2 aromatic rings. The molecule has 126 valence electrons. The predicted octanol–water partition coefficient (Wildman–Crippen LogP) is 2.95. The topological polar surface area (TPSA) is 68.3 Å². The van der Waals surface area contributed by atoms with Gasteiger partial charge in [-0.15, -0.1) is 0 Å². The molecular formula is C19H22N2O3. The van der Waals surface area contributed by atoms with Gasteiger partial charge >= 0.3 is 5.97 Å². The summed E-state index contributed by atoms with van der Waals surface area (Å²) in [5, 5.41) is 3.70. The summed E-state index contributed by atoms with van der Waals surface area (Å²) in [4.78, 5) is 28.2. The number of carbonyl (C=O) groups excluding carboxylic acids is 2. The van der Waals surface area contributed by atoms with E-state index in [1.54, 1.807) is 12.3 Å². The Labute approximate surface area is 141 Å². The molecule has 0 saturated heterocycles. The molecule has 0 saturated carbocycles.